The lowest BCUT2D eigenvalue weighted by Crippen LogP contribution is -2.49. The summed E-state index contributed by atoms with van der Waals surface area (Å²) in [5.74, 6) is -3.95. The maximum Gasteiger partial charge on any atom is 0.339 e. The van der Waals surface area contributed by atoms with E-state index in [-0.39, 0.29) is 24.4 Å². The number of nitrogens with one attached hydrogen (secondary N) is 2. The molecule has 238 valence electrons. The second kappa shape index (κ2) is 11.9. The van der Waals surface area contributed by atoms with Crippen molar-refractivity contribution in [2.75, 3.05) is 20.3 Å². The maximum atomic E-state index is 13.9. The Labute approximate surface area is 257 Å². The summed E-state index contributed by atoms with van der Waals surface area (Å²) in [6.45, 7) is 5.99. The summed E-state index contributed by atoms with van der Waals surface area (Å²) in [5, 5.41) is 26.2. The topological polar surface area (TPSA) is 193 Å². The number of allylic oxidation sites excluding steroid dienone is 1. The molecule has 3 saturated heterocycles. The van der Waals surface area contributed by atoms with Crippen molar-refractivity contribution in [3.63, 3.8) is 0 Å². The van der Waals surface area contributed by atoms with Crippen molar-refractivity contribution < 1.29 is 53.1 Å². The number of ketones is 1. The number of aliphatic hydroxyl groups is 2. The van der Waals surface area contributed by atoms with Crippen LogP contribution >= 0.6 is 0 Å². The van der Waals surface area contributed by atoms with Crippen LogP contribution in [0.1, 0.15) is 36.7 Å². The summed E-state index contributed by atoms with van der Waals surface area (Å²) >= 11 is 0. The minimum Gasteiger partial charge on any atom is -0.513 e. The van der Waals surface area contributed by atoms with Crippen molar-refractivity contribution in [1.29, 1.82) is 0 Å². The number of rotatable bonds is 10. The van der Waals surface area contributed by atoms with Crippen molar-refractivity contribution in [2.45, 2.75) is 57.6 Å². The van der Waals surface area contributed by atoms with E-state index in [0.717, 1.165) is 24.8 Å². The van der Waals surface area contributed by atoms with Crippen LogP contribution < -0.4 is 15.4 Å². The summed E-state index contributed by atoms with van der Waals surface area (Å²) in [6.07, 6.45) is -3.74. The second-order valence-electron chi connectivity index (χ2n) is 11.3. The Morgan fingerprint density at radius 2 is 1.84 bits per heavy atom. The van der Waals surface area contributed by atoms with Crippen LogP contribution in [0.4, 0.5) is 0 Å². The minimum absolute atomic E-state index is 0.0319. The maximum absolute atomic E-state index is 13.9. The molecule has 3 aliphatic heterocycles. The molecule has 0 spiro atoms. The lowest BCUT2D eigenvalue weighted by Gasteiger charge is -2.25. The van der Waals surface area contributed by atoms with E-state index in [4.69, 9.17) is 18.9 Å². The number of hydrogen-bond donors (Lipinski definition) is 4. The fourth-order valence-corrected chi connectivity index (χ4v) is 5.35. The number of amides is 2. The van der Waals surface area contributed by atoms with Crippen LogP contribution in [0.25, 0.3) is 10.8 Å². The van der Waals surface area contributed by atoms with E-state index in [2.05, 4.69) is 10.6 Å². The zero-order valence-electron chi connectivity index (χ0n) is 25.2. The zero-order valence-corrected chi connectivity index (χ0v) is 25.2. The number of aryl methyl sites for hydroxylation is 1. The van der Waals surface area contributed by atoms with Gasteiger partial charge in [-0.05, 0) is 42.3 Å². The molecule has 5 rings (SSSR count). The van der Waals surface area contributed by atoms with E-state index in [0.29, 0.717) is 17.4 Å². The van der Waals surface area contributed by atoms with Crippen LogP contribution in [0.15, 0.2) is 53.7 Å². The summed E-state index contributed by atoms with van der Waals surface area (Å²) in [7, 11) is 1.46. The highest BCUT2D eigenvalue weighted by Crippen LogP contribution is 2.42. The van der Waals surface area contributed by atoms with Gasteiger partial charge in [-0.2, -0.15) is 0 Å². The largest absolute Gasteiger partial charge is 0.513 e. The third-order valence-corrected chi connectivity index (χ3v) is 7.98. The Bertz CT molecular complexity index is 1680. The molecular weight excluding hydrogens is 590 g/mol. The Kier molecular flexibility index (Phi) is 8.29. The van der Waals surface area contributed by atoms with Gasteiger partial charge in [-0.3, -0.25) is 19.2 Å². The number of esters is 2. The number of benzene rings is 2. The average molecular weight is 624 g/mol. The Morgan fingerprint density at radius 1 is 1.13 bits per heavy atom. The fourth-order valence-electron chi connectivity index (χ4n) is 5.35. The van der Waals surface area contributed by atoms with Crippen molar-refractivity contribution >= 4 is 40.3 Å². The van der Waals surface area contributed by atoms with Gasteiger partial charge in [0.2, 0.25) is 6.10 Å². The molecule has 5 atom stereocenters. The molecule has 0 saturated carbocycles. The number of fused-ring (bicyclic) bond motifs is 2. The predicted molar refractivity (Wildman–Crippen MR) is 156 cm³/mol. The highest BCUT2D eigenvalue weighted by Gasteiger charge is 2.59. The number of piperidine rings is 1. The lowest BCUT2D eigenvalue weighted by atomic mass is 9.99. The molecule has 0 bridgehead atoms. The first-order valence-electron chi connectivity index (χ1n) is 14.1. The Balaban J connectivity index is 1.51. The summed E-state index contributed by atoms with van der Waals surface area (Å²) in [6, 6.07) is 8.16. The lowest BCUT2D eigenvalue weighted by molar-refractivity contribution is -0.148. The molecule has 3 fully saturated rings. The van der Waals surface area contributed by atoms with Gasteiger partial charge < -0.3 is 44.7 Å². The quantitative estimate of drug-likeness (QED) is 0.127. The minimum atomic E-state index is -1.58. The van der Waals surface area contributed by atoms with E-state index < -0.39 is 70.9 Å². The molecule has 2 aromatic rings. The molecule has 0 radical (unpaired) electrons. The Morgan fingerprint density at radius 3 is 2.44 bits per heavy atom. The van der Waals surface area contributed by atoms with Crippen LogP contribution in [0.5, 0.6) is 5.75 Å². The fraction of sp³-hybridized carbons (Fsp3) is 0.387. The molecule has 4 N–H and O–H groups in total. The SMILES string of the molecule is COc1cc(C(=O)OC(C(=O)N/C(C(=O)N/C(=C/O)C(C)=O)=C2\C(OC(C)=O)C(O)C3CN23)C2(C)CO2)c2cccc(C)c2c1. The number of aliphatic hydroxyl groups excluding tert-OH is 2. The Hall–Kier alpha value is -4.95. The van der Waals surface area contributed by atoms with Crippen LogP contribution in [-0.2, 0) is 33.4 Å². The first kappa shape index (κ1) is 31.5. The van der Waals surface area contributed by atoms with Crippen molar-refractivity contribution in [2.24, 2.45) is 0 Å². The van der Waals surface area contributed by atoms with E-state index in [1.807, 2.05) is 13.0 Å². The van der Waals surface area contributed by atoms with Gasteiger partial charge in [-0.15, -0.1) is 0 Å². The van der Waals surface area contributed by atoms with E-state index in [1.54, 1.807) is 30.0 Å². The van der Waals surface area contributed by atoms with Crippen LogP contribution in [0.3, 0.4) is 0 Å². The van der Waals surface area contributed by atoms with Crippen LogP contribution in [-0.4, -0.2) is 94.9 Å². The first-order valence-corrected chi connectivity index (χ1v) is 14.1. The van der Waals surface area contributed by atoms with Crippen molar-refractivity contribution in [3.05, 3.63) is 64.8 Å². The molecule has 2 aromatic carbocycles. The number of ether oxygens (including phenoxy) is 4. The van der Waals surface area contributed by atoms with Gasteiger partial charge in [0.15, 0.2) is 11.9 Å². The van der Waals surface area contributed by atoms with Crippen molar-refractivity contribution in [1.82, 2.24) is 15.5 Å². The summed E-state index contributed by atoms with van der Waals surface area (Å²) in [4.78, 5) is 66.4. The molecule has 14 nitrogen and oxygen atoms in total. The number of methoxy groups -OCH3 is 1. The second-order valence-corrected chi connectivity index (χ2v) is 11.3. The third-order valence-electron chi connectivity index (χ3n) is 7.98. The summed E-state index contributed by atoms with van der Waals surface area (Å²) < 4.78 is 21.9. The average Bonchev–Trinajstić information content (AvgIpc) is 3.92. The number of epoxide rings is 1. The molecule has 2 amide bonds. The standard InChI is InChI=1S/C31H33N3O11/c1-14-7-6-8-18-19(14)9-17(42-5)10-20(18)30(41)45-27(31(4)13-43-31)29(40)33-23(28(39)32-21(12-35)15(2)36)24-26(44-16(3)37)25(38)22-11-34(22)24/h6-10,12,22,25-27,35,38H,11,13H2,1-5H3,(H,32,39)(H,33,40)/b21-12+,24-23+. The number of Topliss-reactive ketones (excluding diaryl/α,β-unsaturated/α-hetero) is 1. The van der Waals surface area contributed by atoms with E-state index in [1.165, 1.54) is 13.2 Å². The van der Waals surface area contributed by atoms with E-state index >= 15 is 0 Å². The van der Waals surface area contributed by atoms with Gasteiger partial charge in [0.25, 0.3) is 11.8 Å². The van der Waals surface area contributed by atoms with Crippen molar-refractivity contribution in [3.8, 4) is 5.75 Å². The molecule has 0 aromatic heterocycles. The highest BCUT2D eigenvalue weighted by atomic mass is 16.6. The molecular formula is C31H33N3O11. The summed E-state index contributed by atoms with van der Waals surface area (Å²) in [5.41, 5.74) is -1.25. The normalized spacial score (nSPS) is 25.1. The van der Waals surface area contributed by atoms with E-state index in [9.17, 15) is 34.2 Å². The number of carbonyl (C=O) groups is 5. The molecule has 45 heavy (non-hydrogen) atoms. The van der Waals surface area contributed by atoms with Gasteiger partial charge in [0, 0.05) is 20.4 Å². The monoisotopic (exact) mass is 623 g/mol. The predicted octanol–water partition coefficient (Wildman–Crippen LogP) is 0.894. The number of carbonyl (C=O) groups excluding carboxylic acids is 5. The van der Waals surface area contributed by atoms with Gasteiger partial charge >= 0.3 is 11.9 Å². The molecule has 5 unspecified atom stereocenters. The number of nitrogens with zero attached hydrogens (tertiary/aromatic N) is 1. The number of hydrogen-bond acceptors (Lipinski definition) is 12. The third kappa shape index (κ3) is 6.06. The smallest absolute Gasteiger partial charge is 0.339 e. The highest BCUT2D eigenvalue weighted by molar-refractivity contribution is 6.08. The van der Waals surface area contributed by atoms with Gasteiger partial charge in [0.05, 0.1) is 31.0 Å². The van der Waals surface area contributed by atoms with Gasteiger partial charge in [-0.25, -0.2) is 4.79 Å². The van der Waals surface area contributed by atoms with Gasteiger partial charge in [-0.1, -0.05) is 18.2 Å². The zero-order chi connectivity index (χ0) is 32.8. The molecule has 0 aliphatic carbocycles. The molecule has 3 heterocycles. The van der Waals surface area contributed by atoms with Gasteiger partial charge in [0.1, 0.15) is 35.1 Å². The molecule has 3 aliphatic rings. The van der Waals surface area contributed by atoms with Crippen LogP contribution in [0.2, 0.25) is 0 Å². The van der Waals surface area contributed by atoms with Crippen LogP contribution in [0, 0.1) is 6.92 Å². The first-order chi connectivity index (χ1) is 21.3. The molecule has 14 heteroatoms.